The first kappa shape index (κ1) is 12.1. The molecule has 15 heavy (non-hydrogen) atoms. The molecule has 0 fully saturated rings. The number of rotatable bonds is 4. The quantitative estimate of drug-likeness (QED) is 0.855. The summed E-state index contributed by atoms with van der Waals surface area (Å²) in [6.07, 6.45) is 0. The third-order valence-electron chi connectivity index (χ3n) is 2.55. The molecule has 0 bridgehead atoms. The minimum Gasteiger partial charge on any atom is -0.497 e. The number of benzene rings is 1. The van der Waals surface area contributed by atoms with Crippen LogP contribution in [0.5, 0.6) is 5.75 Å². The monoisotopic (exact) mass is 225 g/mol. The molecule has 0 aliphatic carbocycles. The molecule has 0 saturated heterocycles. The molecule has 0 aliphatic heterocycles. The predicted molar refractivity (Wildman–Crippen MR) is 64.4 cm³/mol. The highest BCUT2D eigenvalue weighted by Gasteiger charge is 2.09. The molecule has 0 heterocycles. The Hall–Kier alpha value is -0.990. The fourth-order valence-corrected chi connectivity index (χ4v) is 1.70. The zero-order chi connectivity index (χ0) is 11.3. The molecule has 1 aromatic rings. The Morgan fingerprint density at radius 2 is 2.07 bits per heavy atom. The Morgan fingerprint density at radius 3 is 2.47 bits per heavy atom. The summed E-state index contributed by atoms with van der Waals surface area (Å²) in [6.45, 7) is 2.57. The molecule has 82 valence electrons. The van der Waals surface area contributed by atoms with E-state index in [1.165, 1.54) is 5.56 Å². The van der Waals surface area contributed by atoms with Crippen LogP contribution in [-0.2, 0) is 0 Å². The Morgan fingerprint density at radius 1 is 1.47 bits per heavy atom. The van der Waals surface area contributed by atoms with Crippen LogP contribution >= 0.6 is 11.6 Å². The number of hydrogen-bond donors (Lipinski definition) is 1. The van der Waals surface area contributed by atoms with Gasteiger partial charge in [0, 0.05) is 18.0 Å². The van der Waals surface area contributed by atoms with Crippen LogP contribution in [0.1, 0.15) is 18.4 Å². The molecule has 0 saturated carbocycles. The normalized spacial score (nSPS) is 13.7. The lowest BCUT2D eigenvalue weighted by molar-refractivity contribution is 0.414. The van der Waals surface area contributed by atoms with E-state index in [0.717, 1.165) is 11.3 Å². The van der Waals surface area contributed by atoms with Gasteiger partial charge in [-0.05, 0) is 23.3 Å². The van der Waals surface area contributed by atoms with E-state index in [-0.39, 0.29) is 5.92 Å². The number of nitrogens with two attached hydrogens (primary N) is 1. The van der Waals surface area contributed by atoms with Crippen molar-refractivity contribution in [1.82, 2.24) is 0 Å². The molecule has 0 aliphatic rings. The molecule has 1 unspecified atom stereocenters. The summed E-state index contributed by atoms with van der Waals surface area (Å²) in [7, 11) is 1.66. The molecule has 1 rings (SSSR count). The molecular formula is C12H16ClNO. The van der Waals surface area contributed by atoms with Gasteiger partial charge in [0.25, 0.3) is 0 Å². The van der Waals surface area contributed by atoms with Gasteiger partial charge in [-0.3, -0.25) is 0 Å². The zero-order valence-corrected chi connectivity index (χ0v) is 9.79. The van der Waals surface area contributed by atoms with Gasteiger partial charge in [-0.15, -0.1) is 0 Å². The average molecular weight is 226 g/mol. The van der Waals surface area contributed by atoms with Gasteiger partial charge in [0.05, 0.1) is 7.11 Å². The van der Waals surface area contributed by atoms with E-state index in [4.69, 9.17) is 22.1 Å². The van der Waals surface area contributed by atoms with Crippen molar-refractivity contribution in [3.8, 4) is 5.75 Å². The van der Waals surface area contributed by atoms with E-state index in [1.807, 2.05) is 24.3 Å². The summed E-state index contributed by atoms with van der Waals surface area (Å²) >= 11 is 5.70. The van der Waals surface area contributed by atoms with Crippen LogP contribution < -0.4 is 10.5 Å². The van der Waals surface area contributed by atoms with Crippen LogP contribution in [0.15, 0.2) is 35.4 Å². The lowest BCUT2D eigenvalue weighted by Crippen LogP contribution is -2.09. The minimum atomic E-state index is 0.249. The summed E-state index contributed by atoms with van der Waals surface area (Å²) in [6, 6.07) is 7.93. The summed E-state index contributed by atoms with van der Waals surface area (Å²) in [5.41, 5.74) is 9.38. The van der Waals surface area contributed by atoms with E-state index in [9.17, 15) is 0 Å². The highest BCUT2D eigenvalue weighted by atomic mass is 35.5. The third kappa shape index (κ3) is 2.98. The minimum absolute atomic E-state index is 0.249. The van der Waals surface area contributed by atoms with Crippen molar-refractivity contribution >= 4 is 11.6 Å². The molecular weight excluding hydrogens is 210 g/mol. The van der Waals surface area contributed by atoms with Crippen molar-refractivity contribution in [3.05, 3.63) is 40.9 Å². The van der Waals surface area contributed by atoms with E-state index < -0.39 is 0 Å². The van der Waals surface area contributed by atoms with Crippen molar-refractivity contribution < 1.29 is 4.74 Å². The molecule has 0 radical (unpaired) electrons. The molecule has 1 atom stereocenters. The Labute approximate surface area is 95.7 Å². The Kier molecular flexibility index (Phi) is 4.66. The second kappa shape index (κ2) is 5.79. The van der Waals surface area contributed by atoms with E-state index in [2.05, 4.69) is 6.92 Å². The van der Waals surface area contributed by atoms with Crippen LogP contribution in [0.4, 0.5) is 0 Å². The van der Waals surface area contributed by atoms with Gasteiger partial charge < -0.3 is 10.5 Å². The summed E-state index contributed by atoms with van der Waals surface area (Å²) in [4.78, 5) is 0. The maximum absolute atomic E-state index is 5.70. The van der Waals surface area contributed by atoms with Crippen molar-refractivity contribution in [1.29, 1.82) is 0 Å². The first-order chi connectivity index (χ1) is 7.22. The molecule has 1 aromatic carbocycles. The smallest absolute Gasteiger partial charge is 0.118 e. The van der Waals surface area contributed by atoms with E-state index in [0.29, 0.717) is 6.54 Å². The van der Waals surface area contributed by atoms with Gasteiger partial charge in [0.1, 0.15) is 5.75 Å². The summed E-state index contributed by atoms with van der Waals surface area (Å²) in [5, 5.41) is 0. The standard InChI is InChI=1S/C12H16ClNO/c1-9(11(7-13)8-14)10-3-5-12(15-2)6-4-10/h3-7,9H,8,14H2,1-2H3/b11-7-. The van der Waals surface area contributed by atoms with Crippen LogP contribution in [0, 0.1) is 0 Å². The van der Waals surface area contributed by atoms with Crippen molar-refractivity contribution in [2.75, 3.05) is 13.7 Å². The largest absolute Gasteiger partial charge is 0.497 e. The van der Waals surface area contributed by atoms with Crippen LogP contribution in [-0.4, -0.2) is 13.7 Å². The second-order valence-corrected chi connectivity index (χ2v) is 3.60. The maximum Gasteiger partial charge on any atom is 0.118 e. The number of ether oxygens (including phenoxy) is 1. The average Bonchev–Trinajstić information content (AvgIpc) is 2.30. The lowest BCUT2D eigenvalue weighted by Gasteiger charge is -2.14. The maximum atomic E-state index is 5.70. The molecule has 0 amide bonds. The van der Waals surface area contributed by atoms with Crippen molar-refractivity contribution in [2.45, 2.75) is 12.8 Å². The lowest BCUT2D eigenvalue weighted by atomic mass is 9.94. The highest BCUT2D eigenvalue weighted by Crippen LogP contribution is 2.25. The molecule has 0 aromatic heterocycles. The fourth-order valence-electron chi connectivity index (χ4n) is 1.42. The zero-order valence-electron chi connectivity index (χ0n) is 9.03. The number of halogens is 1. The first-order valence-electron chi connectivity index (χ1n) is 4.86. The van der Waals surface area contributed by atoms with E-state index >= 15 is 0 Å². The topological polar surface area (TPSA) is 35.2 Å². The third-order valence-corrected chi connectivity index (χ3v) is 2.83. The summed E-state index contributed by atoms with van der Waals surface area (Å²) < 4.78 is 5.10. The Bertz CT molecular complexity index is 332. The molecule has 0 spiro atoms. The predicted octanol–water partition coefficient (Wildman–Crippen LogP) is 2.88. The number of hydrogen-bond acceptors (Lipinski definition) is 2. The van der Waals surface area contributed by atoms with Crippen molar-refractivity contribution in [2.24, 2.45) is 5.73 Å². The summed E-state index contributed by atoms with van der Waals surface area (Å²) in [5.74, 6) is 1.11. The van der Waals surface area contributed by atoms with Crippen LogP contribution in [0.3, 0.4) is 0 Å². The fraction of sp³-hybridized carbons (Fsp3) is 0.333. The van der Waals surface area contributed by atoms with Gasteiger partial charge in [0.15, 0.2) is 0 Å². The van der Waals surface area contributed by atoms with E-state index in [1.54, 1.807) is 12.6 Å². The second-order valence-electron chi connectivity index (χ2n) is 3.38. The molecule has 2 N–H and O–H groups in total. The van der Waals surface area contributed by atoms with Crippen LogP contribution in [0.25, 0.3) is 0 Å². The van der Waals surface area contributed by atoms with Gasteiger partial charge >= 0.3 is 0 Å². The van der Waals surface area contributed by atoms with Gasteiger partial charge in [0.2, 0.25) is 0 Å². The van der Waals surface area contributed by atoms with Gasteiger partial charge in [-0.25, -0.2) is 0 Å². The Balaban J connectivity index is 2.86. The molecule has 2 nitrogen and oxygen atoms in total. The number of methoxy groups -OCH3 is 1. The first-order valence-corrected chi connectivity index (χ1v) is 5.29. The highest BCUT2D eigenvalue weighted by molar-refractivity contribution is 6.25. The van der Waals surface area contributed by atoms with Crippen LogP contribution in [0.2, 0.25) is 0 Å². The SMILES string of the molecule is COc1ccc(C(C)/C(=C\Cl)CN)cc1. The van der Waals surface area contributed by atoms with Gasteiger partial charge in [-0.1, -0.05) is 30.7 Å². The van der Waals surface area contributed by atoms with Crippen molar-refractivity contribution in [3.63, 3.8) is 0 Å². The van der Waals surface area contributed by atoms with Gasteiger partial charge in [-0.2, -0.15) is 0 Å². The molecule has 3 heteroatoms.